The zero-order chi connectivity index (χ0) is 24.9. The second-order valence-corrected chi connectivity index (χ2v) is 8.54. The first-order chi connectivity index (χ1) is 17.6. The van der Waals surface area contributed by atoms with Gasteiger partial charge in [-0.3, -0.25) is 4.99 Å². The van der Waals surface area contributed by atoms with Crippen molar-refractivity contribution in [2.24, 2.45) is 4.99 Å². The maximum atomic E-state index is 12.0. The van der Waals surface area contributed by atoms with E-state index in [-0.39, 0.29) is 5.97 Å². The molecule has 0 bridgehead atoms. The van der Waals surface area contributed by atoms with E-state index in [1.54, 1.807) is 12.1 Å². The predicted molar refractivity (Wildman–Crippen MR) is 146 cm³/mol. The summed E-state index contributed by atoms with van der Waals surface area (Å²) in [4.78, 5) is 16.9. The van der Waals surface area contributed by atoms with E-state index in [0.717, 1.165) is 39.5 Å². The van der Waals surface area contributed by atoms with Crippen LogP contribution in [0.4, 0.5) is 5.69 Å². The average molecular weight is 471 g/mol. The summed E-state index contributed by atoms with van der Waals surface area (Å²) < 4.78 is 7.12. The minimum atomic E-state index is -0.355. The molecule has 0 aliphatic rings. The summed E-state index contributed by atoms with van der Waals surface area (Å²) in [5.41, 5.74) is 8.74. The van der Waals surface area contributed by atoms with Crippen molar-refractivity contribution in [1.82, 2.24) is 4.57 Å². The molecule has 0 spiro atoms. The van der Waals surface area contributed by atoms with Crippen molar-refractivity contribution >= 4 is 17.9 Å². The fourth-order valence-electron chi connectivity index (χ4n) is 4.33. The molecule has 0 aliphatic heterocycles. The lowest BCUT2D eigenvalue weighted by atomic mass is 10.1. The summed E-state index contributed by atoms with van der Waals surface area (Å²) in [5, 5.41) is 0. The van der Waals surface area contributed by atoms with E-state index in [0.29, 0.717) is 5.56 Å². The Morgan fingerprint density at radius 3 is 2.08 bits per heavy atom. The molecule has 0 aliphatic carbocycles. The van der Waals surface area contributed by atoms with Gasteiger partial charge in [0.1, 0.15) is 0 Å². The van der Waals surface area contributed by atoms with Crippen LogP contribution < -0.4 is 0 Å². The highest BCUT2D eigenvalue weighted by atomic mass is 16.5. The number of methoxy groups -OCH3 is 1. The van der Waals surface area contributed by atoms with Gasteiger partial charge in [0, 0.05) is 17.5 Å². The monoisotopic (exact) mass is 470 g/mol. The van der Waals surface area contributed by atoms with Gasteiger partial charge in [0.25, 0.3) is 0 Å². The van der Waals surface area contributed by atoms with E-state index in [1.165, 1.54) is 12.7 Å². The number of carbonyl (C=O) groups excluding carboxylic acids is 1. The summed E-state index contributed by atoms with van der Waals surface area (Å²) in [7, 11) is 1.39. The van der Waals surface area contributed by atoms with Gasteiger partial charge >= 0.3 is 5.97 Å². The van der Waals surface area contributed by atoms with Crippen LogP contribution >= 0.6 is 0 Å². The highest BCUT2D eigenvalue weighted by Gasteiger charge is 2.19. The highest BCUT2D eigenvalue weighted by molar-refractivity contribution is 5.95. The summed E-state index contributed by atoms with van der Waals surface area (Å²) in [6.45, 7) is 2.07. The van der Waals surface area contributed by atoms with Gasteiger partial charge in [0.15, 0.2) is 0 Å². The Labute approximate surface area is 211 Å². The number of nitrogens with zero attached hydrogens (tertiary/aromatic N) is 2. The number of rotatable bonds is 6. The molecule has 4 aromatic carbocycles. The molecule has 5 rings (SSSR count). The third-order valence-electron chi connectivity index (χ3n) is 6.05. The summed E-state index contributed by atoms with van der Waals surface area (Å²) >= 11 is 0. The third kappa shape index (κ3) is 4.75. The van der Waals surface area contributed by atoms with Gasteiger partial charge in [-0.25, -0.2) is 4.79 Å². The van der Waals surface area contributed by atoms with Gasteiger partial charge in [-0.1, -0.05) is 72.8 Å². The Hall–Kier alpha value is -4.70. The average Bonchev–Trinajstić information content (AvgIpc) is 3.32. The molecule has 1 aromatic heterocycles. The van der Waals surface area contributed by atoms with Crippen molar-refractivity contribution in [3.05, 3.63) is 132 Å². The van der Waals surface area contributed by atoms with Crippen molar-refractivity contribution < 1.29 is 9.53 Å². The molecular formula is C32H26N2O2. The molecule has 36 heavy (non-hydrogen) atoms. The Bertz CT molecular complexity index is 1520. The maximum absolute atomic E-state index is 12.0. The van der Waals surface area contributed by atoms with E-state index in [4.69, 9.17) is 9.73 Å². The largest absolute Gasteiger partial charge is 0.465 e. The summed E-state index contributed by atoms with van der Waals surface area (Å²) in [6.07, 6.45) is 1.93. The van der Waals surface area contributed by atoms with Crippen LogP contribution in [0.3, 0.4) is 0 Å². The number of hydrogen-bond donors (Lipinski definition) is 0. The molecule has 0 saturated carbocycles. The van der Waals surface area contributed by atoms with Gasteiger partial charge in [-0.15, -0.1) is 0 Å². The number of aryl methyl sites for hydroxylation is 1. The maximum Gasteiger partial charge on any atom is 0.337 e. The normalized spacial score (nSPS) is 11.1. The minimum absolute atomic E-state index is 0.355. The molecule has 0 N–H and O–H groups in total. The Kier molecular flexibility index (Phi) is 6.59. The molecule has 0 saturated heterocycles. The molecule has 1 heterocycles. The van der Waals surface area contributed by atoms with Crippen LogP contribution in [0, 0.1) is 6.92 Å². The first-order valence-corrected chi connectivity index (χ1v) is 11.8. The number of aliphatic imine (C=N–C) groups is 1. The van der Waals surface area contributed by atoms with Crippen LogP contribution in [0.25, 0.3) is 28.2 Å². The minimum Gasteiger partial charge on any atom is -0.465 e. The van der Waals surface area contributed by atoms with Gasteiger partial charge in [-0.05, 0) is 66.1 Å². The zero-order valence-electron chi connectivity index (χ0n) is 20.3. The van der Waals surface area contributed by atoms with Crippen molar-refractivity contribution in [3.8, 4) is 28.2 Å². The number of hydrogen-bond acceptors (Lipinski definition) is 3. The number of carbonyl (C=O) groups is 1. The smallest absolute Gasteiger partial charge is 0.337 e. The molecule has 0 atom stereocenters. The van der Waals surface area contributed by atoms with Crippen molar-refractivity contribution in [1.29, 1.82) is 0 Å². The van der Waals surface area contributed by atoms with E-state index < -0.39 is 0 Å². The van der Waals surface area contributed by atoms with E-state index in [2.05, 4.69) is 54.0 Å². The standard InChI is InChI=1S/C32H26N2O2/c1-23-10-9-15-28(20-23)33-22-27-21-30(24-11-5-3-6-12-24)34(31(27)25-13-7-4-8-14-25)29-18-16-26(17-19-29)32(35)36-2/h3-22H,1-2H3. The fraction of sp³-hybridized carbons (Fsp3) is 0.0625. The van der Waals surface area contributed by atoms with Crippen LogP contribution in [-0.2, 0) is 4.74 Å². The molecular weight excluding hydrogens is 444 g/mol. The van der Waals surface area contributed by atoms with Gasteiger partial charge in [-0.2, -0.15) is 0 Å². The van der Waals surface area contributed by atoms with Crippen molar-refractivity contribution in [2.45, 2.75) is 6.92 Å². The van der Waals surface area contributed by atoms with E-state index >= 15 is 0 Å². The first-order valence-electron chi connectivity index (χ1n) is 11.8. The Balaban J connectivity index is 1.75. The SMILES string of the molecule is COC(=O)c1ccc(-n2c(-c3ccccc3)cc(C=Nc3cccc(C)c3)c2-c2ccccc2)cc1. The predicted octanol–water partition coefficient (Wildman–Crippen LogP) is 7.66. The van der Waals surface area contributed by atoms with Gasteiger partial charge in [0.05, 0.1) is 29.7 Å². The number of aromatic nitrogens is 1. The lowest BCUT2D eigenvalue weighted by Gasteiger charge is -2.15. The van der Waals surface area contributed by atoms with E-state index in [1.807, 2.05) is 66.9 Å². The van der Waals surface area contributed by atoms with Crippen LogP contribution in [0.5, 0.6) is 0 Å². The zero-order valence-corrected chi connectivity index (χ0v) is 20.3. The first kappa shape index (κ1) is 23.1. The van der Waals surface area contributed by atoms with Crippen molar-refractivity contribution in [3.63, 3.8) is 0 Å². The lowest BCUT2D eigenvalue weighted by molar-refractivity contribution is 0.0600. The molecule has 0 amide bonds. The van der Waals surface area contributed by atoms with Gasteiger partial charge < -0.3 is 9.30 Å². The molecule has 4 nitrogen and oxygen atoms in total. The molecule has 5 aromatic rings. The Morgan fingerprint density at radius 1 is 0.778 bits per heavy atom. The van der Waals surface area contributed by atoms with Crippen molar-refractivity contribution in [2.75, 3.05) is 7.11 Å². The van der Waals surface area contributed by atoms with Crippen LogP contribution in [0.2, 0.25) is 0 Å². The van der Waals surface area contributed by atoms with Crippen LogP contribution in [-0.4, -0.2) is 23.9 Å². The molecule has 4 heteroatoms. The number of ether oxygens (including phenoxy) is 1. The third-order valence-corrected chi connectivity index (χ3v) is 6.05. The molecule has 176 valence electrons. The summed E-state index contributed by atoms with van der Waals surface area (Å²) in [5.74, 6) is -0.355. The lowest BCUT2D eigenvalue weighted by Crippen LogP contribution is -2.03. The molecule has 0 unspecified atom stereocenters. The molecule has 0 fully saturated rings. The molecule has 0 radical (unpaired) electrons. The summed E-state index contributed by atoms with van der Waals surface area (Å²) in [6, 6.07) is 38.4. The quantitative estimate of drug-likeness (QED) is 0.189. The van der Waals surface area contributed by atoms with Gasteiger partial charge in [0.2, 0.25) is 0 Å². The van der Waals surface area contributed by atoms with E-state index in [9.17, 15) is 4.79 Å². The topological polar surface area (TPSA) is 43.6 Å². The second kappa shape index (κ2) is 10.3. The number of benzene rings is 4. The number of esters is 1. The Morgan fingerprint density at radius 2 is 1.44 bits per heavy atom. The van der Waals surface area contributed by atoms with Crippen LogP contribution in [0.1, 0.15) is 21.5 Å². The second-order valence-electron chi connectivity index (χ2n) is 8.54. The van der Waals surface area contributed by atoms with Crippen LogP contribution in [0.15, 0.2) is 120 Å². The highest BCUT2D eigenvalue weighted by Crippen LogP contribution is 2.35. The fourth-order valence-corrected chi connectivity index (χ4v) is 4.33.